The van der Waals surface area contributed by atoms with Crippen molar-refractivity contribution in [2.24, 2.45) is 0 Å². The second kappa shape index (κ2) is 5.56. The van der Waals surface area contributed by atoms with Crippen LogP contribution in [-0.4, -0.2) is 24.8 Å². The quantitative estimate of drug-likeness (QED) is 0.579. The van der Waals surface area contributed by atoms with Crippen LogP contribution < -0.4 is 10.2 Å². The van der Waals surface area contributed by atoms with E-state index in [4.69, 9.17) is 4.74 Å². The Balaban J connectivity index is 3.01. The predicted molar refractivity (Wildman–Crippen MR) is 61.1 cm³/mol. The van der Waals surface area contributed by atoms with E-state index in [0.29, 0.717) is 24.2 Å². The van der Waals surface area contributed by atoms with E-state index in [2.05, 4.69) is 0 Å². The van der Waals surface area contributed by atoms with Crippen LogP contribution in [-0.2, 0) is 0 Å². The fraction of sp³-hybridized carbons (Fsp3) is 0.364. The summed E-state index contributed by atoms with van der Waals surface area (Å²) in [6, 6.07) is 5.18. The van der Waals surface area contributed by atoms with Gasteiger partial charge in [-0.2, -0.15) is 0 Å². The van der Waals surface area contributed by atoms with Crippen molar-refractivity contribution < 1.29 is 14.6 Å². The zero-order chi connectivity index (χ0) is 11.3. The molecule has 3 nitrogen and oxygen atoms in total. The molecule has 0 aliphatic carbocycles. The van der Waals surface area contributed by atoms with E-state index in [1.807, 2.05) is 13.8 Å². The van der Waals surface area contributed by atoms with Crippen molar-refractivity contribution in [3.63, 3.8) is 0 Å². The summed E-state index contributed by atoms with van der Waals surface area (Å²) < 4.78 is 5.28. The van der Waals surface area contributed by atoms with Crippen molar-refractivity contribution in [3.05, 3.63) is 23.8 Å². The van der Waals surface area contributed by atoms with Crippen LogP contribution in [0.5, 0.6) is 5.75 Å². The highest BCUT2D eigenvalue weighted by Gasteiger charge is 2.13. The molecule has 1 aromatic carbocycles. The Kier molecular flexibility index (Phi) is 4.37. The van der Waals surface area contributed by atoms with Gasteiger partial charge < -0.3 is 9.76 Å². The Morgan fingerprint density at radius 3 is 2.73 bits per heavy atom. The van der Waals surface area contributed by atoms with Crippen molar-refractivity contribution in [2.45, 2.75) is 20.2 Å². The second-order valence-corrected chi connectivity index (χ2v) is 3.27. The normalized spacial score (nSPS) is 9.80. The maximum atomic E-state index is 10.8. The molecule has 15 heavy (non-hydrogen) atoms. The van der Waals surface area contributed by atoms with E-state index >= 15 is 0 Å². The molecule has 4 heteroatoms. The zero-order valence-corrected chi connectivity index (χ0v) is 9.06. The van der Waals surface area contributed by atoms with Gasteiger partial charge in [0.2, 0.25) is 0 Å². The van der Waals surface area contributed by atoms with Gasteiger partial charge in [-0.3, -0.25) is 4.79 Å². The number of ether oxygens (including phenoxy) is 1. The molecular formula is C11H15BO3. The van der Waals surface area contributed by atoms with E-state index in [9.17, 15) is 9.82 Å². The van der Waals surface area contributed by atoms with Crippen LogP contribution >= 0.6 is 0 Å². The molecule has 1 aromatic rings. The summed E-state index contributed by atoms with van der Waals surface area (Å²) in [5.74, 6) is 0.569. The molecule has 1 rings (SSSR count). The molecular weight excluding hydrogens is 191 g/mol. The molecule has 0 atom stereocenters. The average molecular weight is 206 g/mol. The van der Waals surface area contributed by atoms with E-state index in [-0.39, 0.29) is 0 Å². The molecule has 0 aliphatic rings. The van der Waals surface area contributed by atoms with Crippen LogP contribution in [0.25, 0.3) is 0 Å². The van der Waals surface area contributed by atoms with Crippen molar-refractivity contribution >= 4 is 18.7 Å². The Morgan fingerprint density at radius 2 is 2.20 bits per heavy atom. The minimum atomic E-state index is -0.514. The highest BCUT2D eigenvalue weighted by atomic mass is 16.5. The highest BCUT2D eigenvalue weighted by molar-refractivity contribution is 6.66. The first-order valence-electron chi connectivity index (χ1n) is 5.12. The number of aldehydes is 1. The molecule has 0 aliphatic heterocycles. The van der Waals surface area contributed by atoms with Crippen LogP contribution in [0, 0.1) is 0 Å². The monoisotopic (exact) mass is 206 g/mol. The Hall–Kier alpha value is -1.29. The molecule has 0 aromatic heterocycles. The minimum Gasteiger partial charge on any atom is -0.493 e. The van der Waals surface area contributed by atoms with Gasteiger partial charge in [0.1, 0.15) is 5.75 Å². The predicted octanol–water partition coefficient (Wildman–Crippen LogP) is 1.11. The Morgan fingerprint density at radius 1 is 1.47 bits per heavy atom. The smallest absolute Gasteiger partial charge is 0.323 e. The SMILES string of the molecule is CCOc1ccc(B(O)CC)cc1C=O. The molecule has 0 bridgehead atoms. The standard InChI is InChI=1S/C11H15BO3/c1-3-12(14)10-5-6-11(15-4-2)9(7-10)8-13/h5-8,14H,3-4H2,1-2H3. The molecule has 0 heterocycles. The van der Waals surface area contributed by atoms with Gasteiger partial charge in [-0.1, -0.05) is 19.1 Å². The molecule has 0 saturated heterocycles. The molecule has 0 radical (unpaired) electrons. The Bertz CT molecular complexity index is 339. The number of hydrogen-bond donors (Lipinski definition) is 1. The maximum Gasteiger partial charge on any atom is 0.323 e. The van der Waals surface area contributed by atoms with Gasteiger partial charge in [0.15, 0.2) is 6.29 Å². The van der Waals surface area contributed by atoms with E-state index < -0.39 is 6.92 Å². The van der Waals surface area contributed by atoms with Gasteiger partial charge in [0.25, 0.3) is 0 Å². The third kappa shape index (κ3) is 2.83. The van der Waals surface area contributed by atoms with E-state index in [1.54, 1.807) is 18.2 Å². The lowest BCUT2D eigenvalue weighted by Crippen LogP contribution is -2.29. The van der Waals surface area contributed by atoms with E-state index in [0.717, 1.165) is 11.7 Å². The lowest BCUT2D eigenvalue weighted by Gasteiger charge is -2.09. The largest absolute Gasteiger partial charge is 0.493 e. The molecule has 0 fully saturated rings. The first kappa shape index (κ1) is 11.8. The molecule has 0 amide bonds. The fourth-order valence-corrected chi connectivity index (χ4v) is 1.39. The van der Waals surface area contributed by atoms with Crippen LogP contribution in [0.15, 0.2) is 18.2 Å². The van der Waals surface area contributed by atoms with Crippen molar-refractivity contribution in [3.8, 4) is 5.75 Å². The summed E-state index contributed by atoms with van der Waals surface area (Å²) in [6.45, 7) is 3.76. The lowest BCUT2D eigenvalue weighted by atomic mass is 9.59. The summed E-state index contributed by atoms with van der Waals surface area (Å²) in [5.41, 5.74) is 1.24. The summed E-state index contributed by atoms with van der Waals surface area (Å²) in [6.07, 6.45) is 1.38. The third-order valence-corrected chi connectivity index (χ3v) is 2.23. The third-order valence-electron chi connectivity index (χ3n) is 2.23. The lowest BCUT2D eigenvalue weighted by molar-refractivity contribution is 0.112. The van der Waals surface area contributed by atoms with Crippen molar-refractivity contribution in [1.29, 1.82) is 0 Å². The topological polar surface area (TPSA) is 46.5 Å². The van der Waals surface area contributed by atoms with Crippen LogP contribution in [0.4, 0.5) is 0 Å². The van der Waals surface area contributed by atoms with Crippen LogP contribution in [0.2, 0.25) is 6.32 Å². The molecule has 0 saturated carbocycles. The van der Waals surface area contributed by atoms with Crippen molar-refractivity contribution in [1.82, 2.24) is 0 Å². The minimum absolute atomic E-state index is 0.488. The highest BCUT2D eigenvalue weighted by Crippen LogP contribution is 2.14. The number of rotatable bonds is 5. The fourth-order valence-electron chi connectivity index (χ4n) is 1.39. The van der Waals surface area contributed by atoms with Crippen LogP contribution in [0.3, 0.4) is 0 Å². The summed E-state index contributed by atoms with van der Waals surface area (Å²) in [5, 5.41) is 9.61. The Labute approximate surface area is 90.2 Å². The summed E-state index contributed by atoms with van der Waals surface area (Å²) in [4.78, 5) is 10.8. The molecule has 0 spiro atoms. The summed E-state index contributed by atoms with van der Waals surface area (Å²) in [7, 11) is 0. The van der Waals surface area contributed by atoms with Crippen molar-refractivity contribution in [2.75, 3.05) is 6.61 Å². The van der Waals surface area contributed by atoms with Gasteiger partial charge in [0, 0.05) is 0 Å². The maximum absolute atomic E-state index is 10.8. The first-order chi connectivity index (χ1) is 7.22. The summed E-state index contributed by atoms with van der Waals surface area (Å²) >= 11 is 0. The zero-order valence-electron chi connectivity index (χ0n) is 9.06. The van der Waals surface area contributed by atoms with Gasteiger partial charge in [0.05, 0.1) is 12.2 Å². The average Bonchev–Trinajstić information content (AvgIpc) is 2.29. The van der Waals surface area contributed by atoms with Gasteiger partial charge in [-0.15, -0.1) is 0 Å². The molecule has 1 N–H and O–H groups in total. The number of carbonyl (C=O) groups is 1. The van der Waals surface area contributed by atoms with E-state index in [1.165, 1.54) is 0 Å². The number of hydrogen-bond acceptors (Lipinski definition) is 3. The number of carbonyl (C=O) groups excluding carboxylic acids is 1. The molecule has 0 unspecified atom stereocenters. The molecule has 80 valence electrons. The second-order valence-electron chi connectivity index (χ2n) is 3.27. The van der Waals surface area contributed by atoms with Gasteiger partial charge in [-0.25, -0.2) is 0 Å². The van der Waals surface area contributed by atoms with Gasteiger partial charge in [-0.05, 0) is 24.8 Å². The van der Waals surface area contributed by atoms with Crippen LogP contribution in [0.1, 0.15) is 24.2 Å². The number of benzene rings is 1. The van der Waals surface area contributed by atoms with Gasteiger partial charge >= 0.3 is 6.92 Å². The first-order valence-corrected chi connectivity index (χ1v) is 5.12.